The minimum absolute atomic E-state index is 0.230. The molecule has 0 saturated carbocycles. The Bertz CT molecular complexity index is 426. The molecule has 0 amide bonds. The van der Waals surface area contributed by atoms with Crippen molar-refractivity contribution in [3.05, 3.63) is 18.0 Å². The first-order valence-electron chi connectivity index (χ1n) is 5.92. The fourth-order valence-electron chi connectivity index (χ4n) is 1.60. The fourth-order valence-corrected chi connectivity index (χ4v) is 2.88. The number of aromatic nitrogens is 2. The molecule has 0 saturated heterocycles. The molecule has 0 fully saturated rings. The molecule has 0 aromatic carbocycles. The zero-order valence-electron chi connectivity index (χ0n) is 10.5. The van der Waals surface area contributed by atoms with Gasteiger partial charge in [-0.15, -0.1) is 0 Å². The summed E-state index contributed by atoms with van der Waals surface area (Å²) < 4.78 is 24.6. The number of hydrogen-bond donors (Lipinski definition) is 1. The van der Waals surface area contributed by atoms with E-state index in [1.807, 2.05) is 26.4 Å². The van der Waals surface area contributed by atoms with E-state index in [4.69, 9.17) is 0 Å². The van der Waals surface area contributed by atoms with Gasteiger partial charge in [-0.2, -0.15) is 5.10 Å². The lowest BCUT2D eigenvalue weighted by atomic mass is 10.2. The maximum atomic E-state index is 11.4. The molecule has 1 heterocycles. The van der Waals surface area contributed by atoms with Crippen LogP contribution in [-0.2, 0) is 23.3 Å². The number of rotatable bonds is 8. The van der Waals surface area contributed by atoms with E-state index in [1.165, 1.54) is 0 Å². The van der Waals surface area contributed by atoms with E-state index in [1.54, 1.807) is 4.68 Å². The van der Waals surface area contributed by atoms with Crippen LogP contribution in [0, 0.1) is 0 Å². The molecule has 0 bridgehead atoms. The second-order valence-electron chi connectivity index (χ2n) is 4.17. The van der Waals surface area contributed by atoms with E-state index in [2.05, 4.69) is 10.4 Å². The van der Waals surface area contributed by atoms with Crippen LogP contribution in [0.2, 0.25) is 0 Å². The Hall–Kier alpha value is -0.880. The van der Waals surface area contributed by atoms with E-state index in [0.717, 1.165) is 18.5 Å². The molecule has 0 atom stereocenters. The maximum absolute atomic E-state index is 11.4. The van der Waals surface area contributed by atoms with Gasteiger partial charge in [0.1, 0.15) is 0 Å². The van der Waals surface area contributed by atoms with Crippen molar-refractivity contribution in [2.24, 2.45) is 7.05 Å². The van der Waals surface area contributed by atoms with Crippen LogP contribution in [0.25, 0.3) is 0 Å². The van der Waals surface area contributed by atoms with Crippen LogP contribution in [0.1, 0.15) is 18.9 Å². The molecule has 0 radical (unpaired) electrons. The highest BCUT2D eigenvalue weighted by Gasteiger charge is 2.07. The van der Waals surface area contributed by atoms with Gasteiger partial charge in [-0.05, 0) is 24.9 Å². The summed E-state index contributed by atoms with van der Waals surface area (Å²) in [5.74, 6) is 0.519. The summed E-state index contributed by atoms with van der Waals surface area (Å²) >= 11 is 0. The van der Waals surface area contributed by atoms with Crippen molar-refractivity contribution in [2.75, 3.05) is 24.6 Å². The predicted molar refractivity (Wildman–Crippen MR) is 68.7 cm³/mol. The minimum Gasteiger partial charge on any atom is -0.315 e. The number of nitrogens with one attached hydrogen (secondary N) is 1. The van der Waals surface area contributed by atoms with Gasteiger partial charge in [-0.1, -0.05) is 6.92 Å². The summed E-state index contributed by atoms with van der Waals surface area (Å²) in [6, 6.07) is 0. The van der Waals surface area contributed by atoms with Crippen molar-refractivity contribution < 1.29 is 8.42 Å². The van der Waals surface area contributed by atoms with Crippen LogP contribution >= 0.6 is 0 Å². The monoisotopic (exact) mass is 259 g/mol. The normalized spacial score (nSPS) is 11.9. The molecule has 1 N–H and O–H groups in total. The molecular formula is C11H21N3O2S. The third kappa shape index (κ3) is 5.83. The Balaban J connectivity index is 2.13. The maximum Gasteiger partial charge on any atom is 0.151 e. The fraction of sp³-hybridized carbons (Fsp3) is 0.727. The van der Waals surface area contributed by atoms with Crippen molar-refractivity contribution in [3.63, 3.8) is 0 Å². The van der Waals surface area contributed by atoms with Crippen molar-refractivity contribution in [3.8, 4) is 0 Å². The predicted octanol–water partition coefficient (Wildman–Crippen LogP) is 0.377. The zero-order chi connectivity index (χ0) is 12.7. The standard InChI is InChI=1S/C11H21N3O2S/c1-3-7-17(15,16)8-6-12-5-4-11-9-13-14(2)10-11/h9-10,12H,3-8H2,1-2H3. The molecule has 0 spiro atoms. The molecule has 1 aromatic rings. The Morgan fingerprint density at radius 1 is 1.35 bits per heavy atom. The van der Waals surface area contributed by atoms with Gasteiger partial charge in [0, 0.05) is 25.5 Å². The first-order chi connectivity index (χ1) is 8.03. The Morgan fingerprint density at radius 2 is 2.12 bits per heavy atom. The second kappa shape index (κ2) is 6.76. The average molecular weight is 259 g/mol. The second-order valence-corrected chi connectivity index (χ2v) is 6.48. The van der Waals surface area contributed by atoms with Gasteiger partial charge >= 0.3 is 0 Å². The van der Waals surface area contributed by atoms with E-state index in [9.17, 15) is 8.42 Å². The number of hydrogen-bond acceptors (Lipinski definition) is 4. The smallest absolute Gasteiger partial charge is 0.151 e. The molecule has 17 heavy (non-hydrogen) atoms. The van der Waals surface area contributed by atoms with Gasteiger partial charge in [-0.25, -0.2) is 8.42 Å². The summed E-state index contributed by atoms with van der Waals surface area (Å²) in [7, 11) is -0.968. The number of aryl methyl sites for hydroxylation is 1. The summed E-state index contributed by atoms with van der Waals surface area (Å²) in [6.45, 7) is 3.20. The van der Waals surface area contributed by atoms with Crippen LogP contribution in [0.4, 0.5) is 0 Å². The minimum atomic E-state index is -2.85. The first-order valence-corrected chi connectivity index (χ1v) is 7.74. The van der Waals surface area contributed by atoms with Gasteiger partial charge in [0.05, 0.1) is 11.9 Å². The van der Waals surface area contributed by atoms with Crippen LogP contribution < -0.4 is 5.32 Å². The van der Waals surface area contributed by atoms with Crippen LogP contribution in [0.15, 0.2) is 12.4 Å². The Labute approximate surface area is 103 Å². The third-order valence-electron chi connectivity index (χ3n) is 2.45. The van der Waals surface area contributed by atoms with Crippen LogP contribution in [-0.4, -0.2) is 42.8 Å². The highest BCUT2D eigenvalue weighted by Crippen LogP contribution is 1.96. The molecule has 0 aliphatic rings. The van der Waals surface area contributed by atoms with Crippen LogP contribution in [0.5, 0.6) is 0 Å². The van der Waals surface area contributed by atoms with E-state index >= 15 is 0 Å². The third-order valence-corrected chi connectivity index (χ3v) is 4.31. The van der Waals surface area contributed by atoms with Gasteiger partial charge in [-0.3, -0.25) is 4.68 Å². The first kappa shape index (κ1) is 14.2. The summed E-state index contributed by atoms with van der Waals surface area (Å²) in [5, 5.41) is 7.21. The SMILES string of the molecule is CCCS(=O)(=O)CCNCCc1cnn(C)c1. The van der Waals surface area contributed by atoms with Crippen molar-refractivity contribution in [2.45, 2.75) is 19.8 Å². The lowest BCUT2D eigenvalue weighted by molar-refractivity contribution is 0.589. The average Bonchev–Trinajstić information content (AvgIpc) is 2.63. The van der Waals surface area contributed by atoms with Crippen molar-refractivity contribution in [1.82, 2.24) is 15.1 Å². The van der Waals surface area contributed by atoms with Crippen molar-refractivity contribution in [1.29, 1.82) is 0 Å². The molecule has 1 rings (SSSR count). The quantitative estimate of drug-likeness (QED) is 0.685. The van der Waals surface area contributed by atoms with Gasteiger partial charge in [0.25, 0.3) is 0 Å². The molecule has 0 aliphatic carbocycles. The summed E-state index contributed by atoms with van der Waals surface area (Å²) in [6.07, 6.45) is 5.37. The Morgan fingerprint density at radius 3 is 2.71 bits per heavy atom. The molecule has 6 heteroatoms. The molecular weight excluding hydrogens is 238 g/mol. The van der Waals surface area contributed by atoms with Gasteiger partial charge < -0.3 is 5.32 Å². The van der Waals surface area contributed by atoms with Crippen molar-refractivity contribution >= 4 is 9.84 Å². The zero-order valence-corrected chi connectivity index (χ0v) is 11.3. The largest absolute Gasteiger partial charge is 0.315 e. The molecule has 98 valence electrons. The van der Waals surface area contributed by atoms with E-state index in [0.29, 0.717) is 13.0 Å². The molecule has 1 aromatic heterocycles. The van der Waals surface area contributed by atoms with Crippen LogP contribution in [0.3, 0.4) is 0 Å². The number of nitrogens with zero attached hydrogens (tertiary/aromatic N) is 2. The molecule has 5 nitrogen and oxygen atoms in total. The van der Waals surface area contributed by atoms with E-state index < -0.39 is 9.84 Å². The van der Waals surface area contributed by atoms with E-state index in [-0.39, 0.29) is 11.5 Å². The highest BCUT2D eigenvalue weighted by atomic mass is 32.2. The highest BCUT2D eigenvalue weighted by molar-refractivity contribution is 7.91. The van der Waals surface area contributed by atoms with Gasteiger partial charge in [0.15, 0.2) is 9.84 Å². The number of sulfone groups is 1. The summed E-state index contributed by atoms with van der Waals surface area (Å²) in [4.78, 5) is 0. The lowest BCUT2D eigenvalue weighted by Crippen LogP contribution is -2.26. The van der Waals surface area contributed by atoms with Gasteiger partial charge in [0.2, 0.25) is 0 Å². The lowest BCUT2D eigenvalue weighted by Gasteiger charge is -2.04. The molecule has 0 aliphatic heterocycles. The Kier molecular flexibility index (Phi) is 5.64. The molecule has 0 unspecified atom stereocenters. The topological polar surface area (TPSA) is 64.0 Å². The summed E-state index contributed by atoms with van der Waals surface area (Å²) in [5.41, 5.74) is 1.16.